The van der Waals surface area contributed by atoms with Gasteiger partial charge in [-0.2, -0.15) is 0 Å². The summed E-state index contributed by atoms with van der Waals surface area (Å²) < 4.78 is 22.7. The number of sulfone groups is 1. The van der Waals surface area contributed by atoms with Gasteiger partial charge in [0.2, 0.25) is 0 Å². The Kier molecular flexibility index (Phi) is 3.87. The number of piperidine rings is 1. The Morgan fingerprint density at radius 3 is 2.56 bits per heavy atom. The SMILES string of the molecule is CC(C1CCCNC1)N1CCS(=O)(=O)CC1. The predicted octanol–water partition coefficient (Wildman–Crippen LogP) is 0.105. The summed E-state index contributed by atoms with van der Waals surface area (Å²) in [5, 5.41) is 3.43. The molecule has 5 heteroatoms. The number of nitrogens with zero attached hydrogens (tertiary/aromatic N) is 1. The fraction of sp³-hybridized carbons (Fsp3) is 1.00. The monoisotopic (exact) mass is 246 g/mol. The van der Waals surface area contributed by atoms with E-state index in [1.54, 1.807) is 0 Å². The number of nitrogens with one attached hydrogen (secondary N) is 1. The summed E-state index contributed by atoms with van der Waals surface area (Å²) in [6.45, 7) is 5.91. The highest BCUT2D eigenvalue weighted by atomic mass is 32.2. The summed E-state index contributed by atoms with van der Waals surface area (Å²) in [4.78, 5) is 2.35. The largest absolute Gasteiger partial charge is 0.316 e. The highest BCUT2D eigenvalue weighted by Crippen LogP contribution is 2.20. The van der Waals surface area contributed by atoms with E-state index in [2.05, 4.69) is 17.1 Å². The van der Waals surface area contributed by atoms with E-state index in [1.807, 2.05) is 0 Å². The van der Waals surface area contributed by atoms with E-state index in [4.69, 9.17) is 0 Å². The molecule has 4 nitrogen and oxygen atoms in total. The second-order valence-corrected chi connectivity index (χ2v) is 7.34. The van der Waals surface area contributed by atoms with Gasteiger partial charge in [-0.05, 0) is 38.8 Å². The number of hydrogen-bond donors (Lipinski definition) is 1. The van der Waals surface area contributed by atoms with Crippen molar-refractivity contribution in [2.75, 3.05) is 37.7 Å². The highest BCUT2D eigenvalue weighted by Gasteiger charge is 2.29. The van der Waals surface area contributed by atoms with Crippen molar-refractivity contribution in [3.8, 4) is 0 Å². The van der Waals surface area contributed by atoms with E-state index in [0.29, 0.717) is 23.5 Å². The van der Waals surface area contributed by atoms with Crippen molar-refractivity contribution in [2.45, 2.75) is 25.8 Å². The molecule has 1 N–H and O–H groups in total. The molecule has 0 aromatic rings. The molecule has 2 fully saturated rings. The van der Waals surface area contributed by atoms with Gasteiger partial charge >= 0.3 is 0 Å². The smallest absolute Gasteiger partial charge is 0.152 e. The summed E-state index contributed by atoms with van der Waals surface area (Å²) in [6, 6.07) is 0.517. The van der Waals surface area contributed by atoms with Crippen LogP contribution in [0.3, 0.4) is 0 Å². The average molecular weight is 246 g/mol. The minimum atomic E-state index is -2.74. The van der Waals surface area contributed by atoms with Gasteiger partial charge in [-0.15, -0.1) is 0 Å². The minimum absolute atomic E-state index is 0.345. The van der Waals surface area contributed by atoms with Crippen LogP contribution in [0.15, 0.2) is 0 Å². The Bertz CT molecular complexity index is 309. The molecule has 0 bridgehead atoms. The summed E-state index contributed by atoms with van der Waals surface area (Å²) in [7, 11) is -2.74. The van der Waals surface area contributed by atoms with Crippen molar-refractivity contribution < 1.29 is 8.42 Å². The van der Waals surface area contributed by atoms with E-state index >= 15 is 0 Å². The first-order valence-electron chi connectivity index (χ1n) is 6.24. The van der Waals surface area contributed by atoms with Crippen molar-refractivity contribution in [1.82, 2.24) is 10.2 Å². The Labute approximate surface area is 98.3 Å². The van der Waals surface area contributed by atoms with Gasteiger partial charge < -0.3 is 5.32 Å². The van der Waals surface area contributed by atoms with Crippen LogP contribution in [0.1, 0.15) is 19.8 Å². The molecule has 0 aromatic heterocycles. The third-order valence-corrected chi connectivity index (χ3v) is 5.58. The molecule has 2 unspecified atom stereocenters. The molecule has 2 rings (SSSR count). The van der Waals surface area contributed by atoms with Crippen molar-refractivity contribution in [3.05, 3.63) is 0 Å². The molecule has 2 saturated heterocycles. The standard InChI is InChI=1S/C11H22N2O2S/c1-10(11-3-2-4-12-9-11)13-5-7-16(14,15)8-6-13/h10-12H,2-9H2,1H3. The van der Waals surface area contributed by atoms with Crippen LogP contribution in [-0.4, -0.2) is 57.0 Å². The van der Waals surface area contributed by atoms with Gasteiger partial charge in [-0.25, -0.2) is 8.42 Å². The van der Waals surface area contributed by atoms with E-state index in [0.717, 1.165) is 26.2 Å². The molecule has 2 atom stereocenters. The van der Waals surface area contributed by atoms with Gasteiger partial charge in [0.15, 0.2) is 9.84 Å². The second-order valence-electron chi connectivity index (χ2n) is 5.03. The van der Waals surface area contributed by atoms with E-state index < -0.39 is 9.84 Å². The maximum atomic E-state index is 11.4. The topological polar surface area (TPSA) is 49.4 Å². The fourth-order valence-corrected chi connectivity index (χ4v) is 3.95. The Morgan fingerprint density at radius 2 is 2.00 bits per heavy atom. The zero-order chi connectivity index (χ0) is 11.6. The maximum Gasteiger partial charge on any atom is 0.152 e. The lowest BCUT2D eigenvalue weighted by Gasteiger charge is -2.38. The molecule has 0 saturated carbocycles. The zero-order valence-electron chi connectivity index (χ0n) is 9.98. The van der Waals surface area contributed by atoms with Gasteiger partial charge in [0.1, 0.15) is 0 Å². The van der Waals surface area contributed by atoms with Crippen molar-refractivity contribution in [3.63, 3.8) is 0 Å². The second kappa shape index (κ2) is 5.02. The molecule has 0 aromatic carbocycles. The Hall–Kier alpha value is -0.130. The fourth-order valence-electron chi connectivity index (χ4n) is 2.72. The van der Waals surface area contributed by atoms with E-state index in [9.17, 15) is 8.42 Å². The summed E-state index contributed by atoms with van der Waals surface area (Å²) in [5.74, 6) is 1.38. The molecular formula is C11H22N2O2S. The van der Waals surface area contributed by atoms with E-state index in [1.165, 1.54) is 12.8 Å². The first-order chi connectivity index (χ1) is 7.58. The van der Waals surface area contributed by atoms with Crippen molar-refractivity contribution in [2.24, 2.45) is 5.92 Å². The molecule has 2 aliphatic heterocycles. The third kappa shape index (κ3) is 2.96. The first-order valence-corrected chi connectivity index (χ1v) is 8.06. The first kappa shape index (κ1) is 12.3. The van der Waals surface area contributed by atoms with Gasteiger partial charge in [-0.1, -0.05) is 0 Å². The Balaban J connectivity index is 1.88. The van der Waals surface area contributed by atoms with Crippen molar-refractivity contribution >= 4 is 9.84 Å². The lowest BCUT2D eigenvalue weighted by atomic mass is 9.92. The van der Waals surface area contributed by atoms with Crippen LogP contribution >= 0.6 is 0 Å². The minimum Gasteiger partial charge on any atom is -0.316 e. The molecule has 2 aliphatic rings. The van der Waals surface area contributed by atoms with Crippen molar-refractivity contribution in [1.29, 1.82) is 0 Å². The van der Waals surface area contributed by atoms with Crippen LogP contribution in [0, 0.1) is 5.92 Å². The van der Waals surface area contributed by atoms with Crippen LogP contribution in [0.4, 0.5) is 0 Å². The van der Waals surface area contributed by atoms with Crippen LogP contribution in [-0.2, 0) is 9.84 Å². The molecule has 16 heavy (non-hydrogen) atoms. The average Bonchev–Trinajstić information content (AvgIpc) is 2.29. The summed E-state index contributed by atoms with van der Waals surface area (Å²) in [6.07, 6.45) is 2.53. The zero-order valence-corrected chi connectivity index (χ0v) is 10.8. The quantitative estimate of drug-likeness (QED) is 0.751. The normalized spacial score (nSPS) is 33.4. The third-order valence-electron chi connectivity index (χ3n) is 3.97. The highest BCUT2D eigenvalue weighted by molar-refractivity contribution is 7.91. The van der Waals surface area contributed by atoms with Gasteiger partial charge in [0, 0.05) is 19.1 Å². The molecular weight excluding hydrogens is 224 g/mol. The lowest BCUT2D eigenvalue weighted by Crippen LogP contribution is -2.50. The predicted molar refractivity (Wildman–Crippen MR) is 65.3 cm³/mol. The van der Waals surface area contributed by atoms with Gasteiger partial charge in [0.05, 0.1) is 11.5 Å². The molecule has 0 radical (unpaired) electrons. The molecule has 94 valence electrons. The number of rotatable bonds is 2. The maximum absolute atomic E-state index is 11.4. The summed E-state index contributed by atoms with van der Waals surface area (Å²) >= 11 is 0. The molecule has 0 spiro atoms. The van der Waals surface area contributed by atoms with Crippen LogP contribution in [0.5, 0.6) is 0 Å². The lowest BCUT2D eigenvalue weighted by molar-refractivity contribution is 0.146. The Morgan fingerprint density at radius 1 is 1.31 bits per heavy atom. The molecule has 2 heterocycles. The van der Waals surface area contributed by atoms with Crippen LogP contribution < -0.4 is 5.32 Å². The van der Waals surface area contributed by atoms with E-state index in [-0.39, 0.29) is 0 Å². The molecule has 0 aliphatic carbocycles. The summed E-state index contributed by atoms with van der Waals surface area (Å²) in [5.41, 5.74) is 0. The van der Waals surface area contributed by atoms with Crippen LogP contribution in [0.25, 0.3) is 0 Å². The van der Waals surface area contributed by atoms with Crippen LogP contribution in [0.2, 0.25) is 0 Å². The molecule has 0 amide bonds. The number of hydrogen-bond acceptors (Lipinski definition) is 4. The van der Waals surface area contributed by atoms with Gasteiger partial charge in [-0.3, -0.25) is 4.90 Å². The van der Waals surface area contributed by atoms with Gasteiger partial charge in [0.25, 0.3) is 0 Å².